The highest BCUT2D eigenvalue weighted by atomic mass is 32.2. The first-order chi connectivity index (χ1) is 7.80. The zero-order valence-corrected chi connectivity index (χ0v) is 10.5. The van der Waals surface area contributed by atoms with Crippen molar-refractivity contribution in [3.63, 3.8) is 0 Å². The second-order valence-electron chi connectivity index (χ2n) is 3.44. The highest BCUT2D eigenvalue weighted by Crippen LogP contribution is 2.21. The van der Waals surface area contributed by atoms with E-state index in [0.29, 0.717) is 0 Å². The smallest absolute Gasteiger partial charge is 0.480 e. The topological polar surface area (TPSA) is 100.0 Å². The van der Waals surface area contributed by atoms with E-state index in [1.807, 2.05) is 0 Å². The van der Waals surface area contributed by atoms with Crippen LogP contribution < -0.4 is 10.2 Å². The fraction of sp³-hybridized carbons (Fsp3) is 0.375. The van der Waals surface area contributed by atoms with Gasteiger partial charge in [0.25, 0.3) is 0 Å². The van der Waals surface area contributed by atoms with E-state index < -0.39 is 17.1 Å². The van der Waals surface area contributed by atoms with Gasteiger partial charge in [-0.15, -0.1) is 0 Å². The Kier molecular flexibility index (Phi) is 4.09. The van der Waals surface area contributed by atoms with Gasteiger partial charge in [0, 0.05) is 25.8 Å². The van der Waals surface area contributed by atoms with Crippen molar-refractivity contribution in [2.45, 2.75) is 4.90 Å². The summed E-state index contributed by atoms with van der Waals surface area (Å²) in [5.41, 5.74) is -0.0220. The summed E-state index contributed by atoms with van der Waals surface area (Å²) in [5, 5.41) is 18.0. The highest BCUT2D eigenvalue weighted by molar-refractivity contribution is 7.89. The Bertz CT molecular complexity index is 503. The lowest BCUT2D eigenvalue weighted by molar-refractivity contribution is 0.382. The summed E-state index contributed by atoms with van der Waals surface area (Å²) in [6.45, 7) is 0. The minimum atomic E-state index is -3.75. The van der Waals surface area contributed by atoms with Crippen molar-refractivity contribution in [3.8, 4) is 5.88 Å². The van der Waals surface area contributed by atoms with Crippen molar-refractivity contribution in [1.29, 1.82) is 0 Å². The maximum absolute atomic E-state index is 11.9. The maximum Gasteiger partial charge on any atom is 0.490 e. The molecule has 0 bridgehead atoms. The largest absolute Gasteiger partial charge is 0.490 e. The summed E-state index contributed by atoms with van der Waals surface area (Å²) in [6.07, 6.45) is 1.14. The normalized spacial score (nSPS) is 11.6. The van der Waals surface area contributed by atoms with E-state index in [9.17, 15) is 8.42 Å². The quantitative estimate of drug-likeness (QED) is 0.608. The van der Waals surface area contributed by atoms with Crippen LogP contribution in [0.4, 0.5) is 0 Å². The van der Waals surface area contributed by atoms with Crippen LogP contribution in [-0.2, 0) is 10.0 Å². The Balaban J connectivity index is 3.44. The molecule has 0 saturated heterocycles. The minimum absolute atomic E-state index is 0.0220. The van der Waals surface area contributed by atoms with Crippen molar-refractivity contribution in [1.82, 2.24) is 9.29 Å². The number of rotatable bonds is 4. The fourth-order valence-electron chi connectivity index (χ4n) is 1.12. The van der Waals surface area contributed by atoms with Crippen molar-refractivity contribution in [3.05, 3.63) is 12.3 Å². The summed E-state index contributed by atoms with van der Waals surface area (Å²) < 4.78 is 29.7. The van der Waals surface area contributed by atoms with Crippen LogP contribution in [0.3, 0.4) is 0 Å². The summed E-state index contributed by atoms with van der Waals surface area (Å²) in [5.74, 6) is -0.0944. The second-order valence-corrected chi connectivity index (χ2v) is 5.56. The zero-order chi connectivity index (χ0) is 13.2. The first-order valence-electron chi connectivity index (χ1n) is 4.63. The van der Waals surface area contributed by atoms with Crippen LogP contribution in [0.1, 0.15) is 0 Å². The summed E-state index contributed by atoms with van der Waals surface area (Å²) in [4.78, 5) is 3.51. The first-order valence-corrected chi connectivity index (χ1v) is 6.07. The van der Waals surface area contributed by atoms with Crippen LogP contribution in [0.15, 0.2) is 17.2 Å². The van der Waals surface area contributed by atoms with E-state index in [-0.39, 0.29) is 16.2 Å². The molecule has 2 N–H and O–H groups in total. The van der Waals surface area contributed by atoms with Crippen LogP contribution >= 0.6 is 0 Å². The molecule has 0 unspecified atom stereocenters. The molecular formula is C8H13BN2O5S. The number of ether oxygens (including phenoxy) is 1. The SMILES string of the molecule is COc1ncc(B(O)O)cc1S(=O)(=O)N(C)C. The third-order valence-electron chi connectivity index (χ3n) is 2.09. The molecule has 1 aromatic rings. The fourth-order valence-corrected chi connectivity index (χ4v) is 2.16. The summed E-state index contributed by atoms with van der Waals surface area (Å²) >= 11 is 0. The zero-order valence-electron chi connectivity index (χ0n) is 9.65. The van der Waals surface area contributed by atoms with Gasteiger partial charge in [0.1, 0.15) is 4.90 Å². The van der Waals surface area contributed by atoms with Gasteiger partial charge in [0.05, 0.1) is 7.11 Å². The van der Waals surface area contributed by atoms with Crippen LogP contribution in [0.2, 0.25) is 0 Å². The van der Waals surface area contributed by atoms with Crippen LogP contribution in [-0.4, -0.2) is 56.1 Å². The van der Waals surface area contributed by atoms with Crippen molar-refractivity contribution >= 4 is 22.6 Å². The number of methoxy groups -OCH3 is 1. The van der Waals surface area contributed by atoms with E-state index in [4.69, 9.17) is 14.8 Å². The Morgan fingerprint density at radius 2 is 2.00 bits per heavy atom. The molecule has 0 aromatic carbocycles. The van der Waals surface area contributed by atoms with Crippen LogP contribution in [0.25, 0.3) is 0 Å². The van der Waals surface area contributed by atoms with Crippen LogP contribution in [0, 0.1) is 0 Å². The number of hydrogen-bond acceptors (Lipinski definition) is 6. The van der Waals surface area contributed by atoms with Crippen molar-refractivity contribution in [2.24, 2.45) is 0 Å². The monoisotopic (exact) mass is 260 g/mol. The summed E-state index contributed by atoms with van der Waals surface area (Å²) in [7, 11) is -1.54. The molecule has 0 amide bonds. The molecule has 9 heteroatoms. The molecule has 1 rings (SSSR count). The van der Waals surface area contributed by atoms with E-state index in [1.54, 1.807) is 0 Å². The first kappa shape index (κ1) is 13.9. The molecule has 1 heterocycles. The second kappa shape index (κ2) is 5.00. The van der Waals surface area contributed by atoms with E-state index in [0.717, 1.165) is 16.6 Å². The van der Waals surface area contributed by atoms with Gasteiger partial charge in [-0.25, -0.2) is 17.7 Å². The Hall–Kier alpha value is -1.16. The summed E-state index contributed by atoms with van der Waals surface area (Å²) in [6, 6.07) is 1.12. The van der Waals surface area contributed by atoms with Gasteiger partial charge in [-0.1, -0.05) is 0 Å². The number of pyridine rings is 1. The van der Waals surface area contributed by atoms with Gasteiger partial charge in [-0.3, -0.25) is 0 Å². The van der Waals surface area contributed by atoms with E-state index in [2.05, 4.69) is 4.98 Å². The van der Waals surface area contributed by atoms with Crippen LogP contribution in [0.5, 0.6) is 5.88 Å². The van der Waals surface area contributed by atoms with E-state index >= 15 is 0 Å². The number of aromatic nitrogens is 1. The molecule has 17 heavy (non-hydrogen) atoms. The third kappa shape index (κ3) is 2.75. The molecule has 0 saturated carbocycles. The predicted octanol–water partition coefficient (Wildman–Crippen LogP) is -1.98. The molecular weight excluding hydrogens is 247 g/mol. The molecule has 1 aromatic heterocycles. The number of sulfonamides is 1. The third-order valence-corrected chi connectivity index (χ3v) is 3.90. The number of hydrogen-bond donors (Lipinski definition) is 2. The standard InChI is InChI=1S/C8H13BN2O5S/c1-11(2)17(14,15)7-4-6(9(12)13)5-10-8(7)16-3/h4-5,12-13H,1-3H3. The minimum Gasteiger partial charge on any atom is -0.480 e. The van der Waals surface area contributed by atoms with Gasteiger partial charge >= 0.3 is 7.12 Å². The van der Waals surface area contributed by atoms with Crippen molar-refractivity contribution < 1.29 is 23.2 Å². The molecule has 0 spiro atoms. The Morgan fingerprint density at radius 1 is 1.41 bits per heavy atom. The van der Waals surface area contributed by atoms with E-state index in [1.165, 1.54) is 21.2 Å². The highest BCUT2D eigenvalue weighted by Gasteiger charge is 2.25. The Morgan fingerprint density at radius 3 is 2.41 bits per heavy atom. The molecule has 0 aliphatic heterocycles. The lowest BCUT2D eigenvalue weighted by atomic mass is 9.82. The maximum atomic E-state index is 11.9. The molecule has 7 nitrogen and oxygen atoms in total. The van der Waals surface area contributed by atoms with Gasteiger partial charge in [0.15, 0.2) is 0 Å². The molecule has 0 aliphatic rings. The molecule has 0 aliphatic carbocycles. The molecule has 0 atom stereocenters. The lowest BCUT2D eigenvalue weighted by Gasteiger charge is -2.14. The van der Waals surface area contributed by atoms with Gasteiger partial charge in [0.2, 0.25) is 15.9 Å². The molecule has 0 fully saturated rings. The number of nitrogens with zero attached hydrogens (tertiary/aromatic N) is 2. The predicted molar refractivity (Wildman–Crippen MR) is 61.5 cm³/mol. The van der Waals surface area contributed by atoms with Gasteiger partial charge in [-0.05, 0) is 6.07 Å². The molecule has 94 valence electrons. The molecule has 0 radical (unpaired) electrons. The van der Waals surface area contributed by atoms with Gasteiger partial charge in [-0.2, -0.15) is 0 Å². The Labute approximate surface area is 99.9 Å². The van der Waals surface area contributed by atoms with Gasteiger partial charge < -0.3 is 14.8 Å². The lowest BCUT2D eigenvalue weighted by Crippen LogP contribution is -2.32. The average molecular weight is 260 g/mol. The average Bonchev–Trinajstić information content (AvgIpc) is 2.27. The van der Waals surface area contributed by atoms with Crippen molar-refractivity contribution in [2.75, 3.05) is 21.2 Å².